The number of amides is 1. The summed E-state index contributed by atoms with van der Waals surface area (Å²) in [5.74, 6) is 2.20. The van der Waals surface area contributed by atoms with E-state index in [1.807, 2.05) is 12.1 Å². The maximum atomic E-state index is 11.9. The molecular weight excluding hydrogens is 358 g/mol. The van der Waals surface area contributed by atoms with Crippen molar-refractivity contribution in [3.8, 4) is 0 Å². The molecule has 2 heterocycles. The van der Waals surface area contributed by atoms with Crippen LogP contribution in [0.3, 0.4) is 0 Å². The quantitative estimate of drug-likeness (QED) is 0.444. The van der Waals surface area contributed by atoms with Crippen LogP contribution in [0.15, 0.2) is 36.3 Å². The van der Waals surface area contributed by atoms with Gasteiger partial charge in [-0.15, -0.1) is 0 Å². The Hall–Kier alpha value is -2.62. The van der Waals surface area contributed by atoms with Gasteiger partial charge in [0.1, 0.15) is 11.5 Å². The van der Waals surface area contributed by atoms with E-state index in [0.717, 1.165) is 33.2 Å². The SMILES string of the molecule is C[C@@H]1C[C@@H]1c1ccc(/C=N\NC(=O)CSc2nn(C)c(=O)n(C)c2=O)o1. The zero-order chi connectivity index (χ0) is 18.8. The van der Waals surface area contributed by atoms with Crippen molar-refractivity contribution in [3.63, 3.8) is 0 Å². The number of aryl methyl sites for hydroxylation is 1. The minimum Gasteiger partial charge on any atom is -0.460 e. The topological polar surface area (TPSA) is 111 Å². The van der Waals surface area contributed by atoms with E-state index in [1.165, 1.54) is 20.3 Å². The minimum atomic E-state index is -0.535. The highest BCUT2D eigenvalue weighted by Gasteiger charge is 2.36. The molecule has 10 heteroatoms. The molecule has 26 heavy (non-hydrogen) atoms. The molecule has 2 aromatic heterocycles. The maximum Gasteiger partial charge on any atom is 0.346 e. The lowest BCUT2D eigenvalue weighted by atomic mass is 10.3. The Morgan fingerprint density at radius 2 is 2.19 bits per heavy atom. The van der Waals surface area contributed by atoms with Crippen LogP contribution in [-0.4, -0.2) is 32.2 Å². The second-order valence-corrected chi connectivity index (χ2v) is 7.18. The van der Waals surface area contributed by atoms with Crippen LogP contribution in [0.5, 0.6) is 0 Å². The van der Waals surface area contributed by atoms with Crippen LogP contribution in [-0.2, 0) is 18.9 Å². The minimum absolute atomic E-state index is 0.0548. The molecule has 0 aliphatic heterocycles. The van der Waals surface area contributed by atoms with Crippen molar-refractivity contribution in [2.24, 2.45) is 25.1 Å². The van der Waals surface area contributed by atoms with E-state index in [4.69, 9.17) is 4.42 Å². The number of nitrogens with zero attached hydrogens (tertiary/aromatic N) is 4. The van der Waals surface area contributed by atoms with Crippen LogP contribution in [0.2, 0.25) is 0 Å². The fourth-order valence-corrected chi connectivity index (χ4v) is 3.22. The number of carbonyl (C=O) groups excluding carboxylic acids is 1. The van der Waals surface area contributed by atoms with E-state index < -0.39 is 17.2 Å². The lowest BCUT2D eigenvalue weighted by molar-refractivity contribution is -0.118. The second kappa shape index (κ2) is 7.32. The zero-order valence-electron chi connectivity index (χ0n) is 14.6. The highest BCUT2D eigenvalue weighted by Crippen LogP contribution is 2.47. The number of hydrogen-bond acceptors (Lipinski definition) is 7. The maximum absolute atomic E-state index is 11.9. The molecule has 0 saturated heterocycles. The number of furan rings is 1. The molecule has 0 radical (unpaired) electrons. The predicted molar refractivity (Wildman–Crippen MR) is 96.4 cm³/mol. The van der Waals surface area contributed by atoms with Crippen LogP contribution in [0, 0.1) is 5.92 Å². The third-order valence-electron chi connectivity index (χ3n) is 4.14. The standard InChI is InChI=1S/C16H19N5O4S/c1-9-6-11(9)12-5-4-10(25-12)7-17-18-13(22)8-26-14-15(23)20(2)16(24)21(3)19-14/h4-5,7,9,11H,6,8H2,1-3H3,(H,18,22)/b17-7-/t9-,11+/m1/s1. The fraction of sp³-hybridized carbons (Fsp3) is 0.438. The zero-order valence-corrected chi connectivity index (χ0v) is 15.4. The van der Waals surface area contributed by atoms with Gasteiger partial charge in [0.15, 0.2) is 5.03 Å². The molecule has 2 aromatic rings. The normalized spacial score (nSPS) is 19.0. The van der Waals surface area contributed by atoms with E-state index in [1.54, 1.807) is 0 Å². The summed E-state index contributed by atoms with van der Waals surface area (Å²) in [6, 6.07) is 3.73. The number of thioether (sulfide) groups is 1. The van der Waals surface area contributed by atoms with Crippen molar-refractivity contribution in [2.45, 2.75) is 24.3 Å². The summed E-state index contributed by atoms with van der Waals surface area (Å²) >= 11 is 0.941. The molecule has 0 aromatic carbocycles. The van der Waals surface area contributed by atoms with Crippen molar-refractivity contribution >= 4 is 23.9 Å². The Morgan fingerprint density at radius 1 is 1.46 bits per heavy atom. The number of rotatable bonds is 6. The summed E-state index contributed by atoms with van der Waals surface area (Å²) in [6.45, 7) is 2.17. The summed E-state index contributed by atoms with van der Waals surface area (Å²) in [5, 5.41) is 7.78. The molecule has 0 spiro atoms. The Kier molecular flexibility index (Phi) is 5.12. The smallest absolute Gasteiger partial charge is 0.346 e. The average molecular weight is 377 g/mol. The molecule has 3 rings (SSSR count). The van der Waals surface area contributed by atoms with E-state index >= 15 is 0 Å². The van der Waals surface area contributed by atoms with Gasteiger partial charge in [-0.05, 0) is 24.5 Å². The van der Waals surface area contributed by atoms with Gasteiger partial charge in [0.25, 0.3) is 5.56 Å². The molecule has 1 fully saturated rings. The Labute approximate surface area is 153 Å². The highest BCUT2D eigenvalue weighted by atomic mass is 32.2. The van der Waals surface area contributed by atoms with Crippen molar-refractivity contribution in [1.82, 2.24) is 19.8 Å². The lowest BCUT2D eigenvalue weighted by Crippen LogP contribution is -2.39. The first-order valence-electron chi connectivity index (χ1n) is 8.05. The highest BCUT2D eigenvalue weighted by molar-refractivity contribution is 7.99. The number of hydrogen-bond donors (Lipinski definition) is 1. The fourth-order valence-electron chi connectivity index (χ4n) is 2.45. The van der Waals surface area contributed by atoms with E-state index in [-0.39, 0.29) is 10.8 Å². The van der Waals surface area contributed by atoms with Gasteiger partial charge >= 0.3 is 5.69 Å². The van der Waals surface area contributed by atoms with Crippen molar-refractivity contribution in [2.75, 3.05) is 5.75 Å². The number of aromatic nitrogens is 3. The van der Waals surface area contributed by atoms with Crippen molar-refractivity contribution in [3.05, 3.63) is 44.5 Å². The second-order valence-electron chi connectivity index (χ2n) is 6.22. The van der Waals surface area contributed by atoms with Crippen molar-refractivity contribution in [1.29, 1.82) is 0 Å². The van der Waals surface area contributed by atoms with Crippen LogP contribution in [0.1, 0.15) is 30.8 Å². The molecule has 0 bridgehead atoms. The molecule has 1 aliphatic rings. The molecule has 138 valence electrons. The van der Waals surface area contributed by atoms with Gasteiger partial charge in [-0.3, -0.25) is 14.2 Å². The van der Waals surface area contributed by atoms with Crippen molar-refractivity contribution < 1.29 is 9.21 Å². The van der Waals surface area contributed by atoms with Gasteiger partial charge in [-0.2, -0.15) is 10.2 Å². The van der Waals surface area contributed by atoms with Gasteiger partial charge in [-0.25, -0.2) is 14.9 Å². The lowest BCUT2D eigenvalue weighted by Gasteiger charge is -2.04. The van der Waals surface area contributed by atoms with E-state index in [2.05, 4.69) is 22.5 Å². The number of nitrogens with one attached hydrogen (secondary N) is 1. The van der Waals surface area contributed by atoms with Gasteiger partial charge in [-0.1, -0.05) is 18.7 Å². The summed E-state index contributed by atoms with van der Waals surface area (Å²) in [4.78, 5) is 35.3. The number of carbonyl (C=O) groups is 1. The third-order valence-corrected chi connectivity index (χ3v) is 5.07. The van der Waals surface area contributed by atoms with Crippen LogP contribution in [0.4, 0.5) is 0 Å². The Balaban J connectivity index is 1.52. The Bertz CT molecular complexity index is 974. The van der Waals surface area contributed by atoms with Gasteiger partial charge in [0.2, 0.25) is 5.91 Å². The van der Waals surface area contributed by atoms with E-state index in [0.29, 0.717) is 17.6 Å². The summed E-state index contributed by atoms with van der Waals surface area (Å²) < 4.78 is 7.65. The first-order valence-corrected chi connectivity index (χ1v) is 9.04. The van der Waals surface area contributed by atoms with E-state index in [9.17, 15) is 14.4 Å². The van der Waals surface area contributed by atoms with Gasteiger partial charge in [0.05, 0.1) is 12.0 Å². The largest absolute Gasteiger partial charge is 0.460 e. The average Bonchev–Trinajstić information content (AvgIpc) is 3.15. The first-order chi connectivity index (χ1) is 12.4. The molecule has 1 saturated carbocycles. The first kappa shape index (κ1) is 18.2. The monoisotopic (exact) mass is 377 g/mol. The molecule has 2 atom stereocenters. The Morgan fingerprint density at radius 3 is 2.88 bits per heavy atom. The predicted octanol–water partition coefficient (Wildman–Crippen LogP) is 0.438. The van der Waals surface area contributed by atoms with Crippen LogP contribution >= 0.6 is 11.8 Å². The molecule has 1 amide bonds. The molecule has 1 aliphatic carbocycles. The molecule has 1 N–H and O–H groups in total. The van der Waals surface area contributed by atoms with Gasteiger partial charge < -0.3 is 4.42 Å². The number of hydrazone groups is 1. The summed E-state index contributed by atoms with van der Waals surface area (Å²) in [6.07, 6.45) is 2.57. The van der Waals surface area contributed by atoms with Crippen LogP contribution in [0.25, 0.3) is 0 Å². The summed E-state index contributed by atoms with van der Waals surface area (Å²) in [5.41, 5.74) is 1.31. The van der Waals surface area contributed by atoms with Crippen LogP contribution < -0.4 is 16.7 Å². The molecule has 9 nitrogen and oxygen atoms in total. The molecule has 0 unspecified atom stereocenters. The van der Waals surface area contributed by atoms with Gasteiger partial charge in [0, 0.05) is 20.0 Å². The molecular formula is C16H19N5O4S. The third kappa shape index (κ3) is 3.96. The summed E-state index contributed by atoms with van der Waals surface area (Å²) in [7, 11) is 2.80.